The van der Waals surface area contributed by atoms with Crippen molar-refractivity contribution < 1.29 is 14.8 Å². The Labute approximate surface area is 115 Å². The summed E-state index contributed by atoms with van der Waals surface area (Å²) in [5.41, 5.74) is -1.36. The van der Waals surface area contributed by atoms with E-state index in [0.29, 0.717) is 0 Å². The molecule has 0 saturated carbocycles. The molecule has 2 N–H and O–H groups in total. The minimum Gasteiger partial charge on any atom is -0.391 e. The molecule has 19 heavy (non-hydrogen) atoms. The van der Waals surface area contributed by atoms with Crippen molar-refractivity contribution in [1.29, 1.82) is 0 Å². The van der Waals surface area contributed by atoms with Gasteiger partial charge in [-0.1, -0.05) is 11.6 Å². The molecular formula is C12H15ClN2O4. The van der Waals surface area contributed by atoms with E-state index in [0.717, 1.165) is 6.07 Å². The molecule has 104 valence electrons. The average Bonchev–Trinajstić information content (AvgIpc) is 2.27. The molecule has 0 heterocycles. The minimum atomic E-state index is -0.898. The van der Waals surface area contributed by atoms with Crippen molar-refractivity contribution in [3.8, 4) is 0 Å². The number of hydrogen-bond donors (Lipinski definition) is 2. The van der Waals surface area contributed by atoms with Gasteiger partial charge in [0.15, 0.2) is 0 Å². The van der Waals surface area contributed by atoms with Crippen LogP contribution in [0.3, 0.4) is 0 Å². The quantitative estimate of drug-likeness (QED) is 0.655. The zero-order chi connectivity index (χ0) is 14.8. The Morgan fingerprint density at radius 3 is 2.58 bits per heavy atom. The van der Waals surface area contributed by atoms with Crippen LogP contribution in [0.25, 0.3) is 0 Å². The van der Waals surface area contributed by atoms with Gasteiger partial charge in [-0.2, -0.15) is 0 Å². The zero-order valence-electron chi connectivity index (χ0n) is 10.8. The van der Waals surface area contributed by atoms with Crippen molar-refractivity contribution in [1.82, 2.24) is 5.32 Å². The molecule has 1 rings (SSSR count). The molecule has 0 aliphatic rings. The number of aliphatic hydroxyl groups excluding tert-OH is 1. The fraction of sp³-hybridized carbons (Fsp3) is 0.417. The van der Waals surface area contributed by atoms with Gasteiger partial charge < -0.3 is 10.4 Å². The molecule has 0 aromatic heterocycles. The van der Waals surface area contributed by atoms with Crippen LogP contribution in [0.2, 0.25) is 5.02 Å². The Kier molecular flexibility index (Phi) is 4.49. The molecule has 1 aromatic carbocycles. The second-order valence-electron chi connectivity index (χ2n) is 4.77. The summed E-state index contributed by atoms with van der Waals surface area (Å²) in [7, 11) is 0. The van der Waals surface area contributed by atoms with Gasteiger partial charge in [0.25, 0.3) is 11.6 Å². The van der Waals surface area contributed by atoms with Crippen LogP contribution in [-0.2, 0) is 0 Å². The molecular weight excluding hydrogens is 272 g/mol. The van der Waals surface area contributed by atoms with Crippen molar-refractivity contribution in [2.24, 2.45) is 0 Å². The fourth-order valence-electron chi connectivity index (χ4n) is 1.31. The summed E-state index contributed by atoms with van der Waals surface area (Å²) in [6.07, 6.45) is -0.803. The third kappa shape index (κ3) is 3.65. The highest BCUT2D eigenvalue weighted by atomic mass is 35.5. The van der Waals surface area contributed by atoms with E-state index >= 15 is 0 Å². The van der Waals surface area contributed by atoms with Gasteiger partial charge in [0, 0.05) is 11.1 Å². The first-order valence-electron chi connectivity index (χ1n) is 5.59. The Morgan fingerprint density at radius 2 is 2.11 bits per heavy atom. The van der Waals surface area contributed by atoms with Crippen molar-refractivity contribution >= 4 is 23.2 Å². The van der Waals surface area contributed by atoms with Crippen molar-refractivity contribution in [2.45, 2.75) is 32.4 Å². The first-order valence-corrected chi connectivity index (χ1v) is 5.97. The predicted molar refractivity (Wildman–Crippen MR) is 71.3 cm³/mol. The number of carbonyl (C=O) groups excluding carboxylic acids is 1. The molecule has 1 amide bonds. The lowest BCUT2D eigenvalue weighted by Gasteiger charge is -2.29. The summed E-state index contributed by atoms with van der Waals surface area (Å²) in [5.74, 6) is -0.630. The number of nitrogens with one attached hydrogen (secondary N) is 1. The Hall–Kier alpha value is -1.66. The van der Waals surface area contributed by atoms with E-state index in [4.69, 9.17) is 11.6 Å². The van der Waals surface area contributed by atoms with Gasteiger partial charge >= 0.3 is 0 Å². The standard InChI is InChI=1S/C12H15ClN2O4/c1-7(16)12(2,3)14-11(17)9-5-4-8(13)6-10(9)15(18)19/h4-7,16H,1-3H3,(H,14,17). The van der Waals surface area contributed by atoms with Crippen LogP contribution in [0.1, 0.15) is 31.1 Å². The molecule has 1 atom stereocenters. The van der Waals surface area contributed by atoms with E-state index in [-0.39, 0.29) is 16.3 Å². The molecule has 0 radical (unpaired) electrons. The van der Waals surface area contributed by atoms with E-state index < -0.39 is 22.5 Å². The Morgan fingerprint density at radius 1 is 1.53 bits per heavy atom. The van der Waals surface area contributed by atoms with Crippen LogP contribution in [0.15, 0.2) is 18.2 Å². The van der Waals surface area contributed by atoms with Gasteiger partial charge in [-0.15, -0.1) is 0 Å². The summed E-state index contributed by atoms with van der Waals surface area (Å²) in [6.45, 7) is 4.77. The minimum absolute atomic E-state index is 0.0943. The molecule has 0 aliphatic carbocycles. The maximum absolute atomic E-state index is 12.0. The van der Waals surface area contributed by atoms with Crippen molar-refractivity contribution in [3.63, 3.8) is 0 Å². The maximum Gasteiger partial charge on any atom is 0.283 e. The highest BCUT2D eigenvalue weighted by Crippen LogP contribution is 2.24. The normalized spacial score (nSPS) is 12.9. The maximum atomic E-state index is 12.0. The molecule has 0 fully saturated rings. The summed E-state index contributed by atoms with van der Waals surface area (Å²) < 4.78 is 0. The summed E-state index contributed by atoms with van der Waals surface area (Å²) in [4.78, 5) is 22.3. The van der Waals surface area contributed by atoms with E-state index in [1.165, 1.54) is 19.1 Å². The third-order valence-electron chi connectivity index (χ3n) is 2.88. The van der Waals surface area contributed by atoms with E-state index in [2.05, 4.69) is 5.32 Å². The van der Waals surface area contributed by atoms with Crippen LogP contribution in [0, 0.1) is 10.1 Å². The van der Waals surface area contributed by atoms with E-state index in [1.807, 2.05) is 0 Å². The largest absolute Gasteiger partial charge is 0.391 e. The van der Waals surface area contributed by atoms with Crippen LogP contribution in [-0.4, -0.2) is 27.6 Å². The lowest BCUT2D eigenvalue weighted by Crippen LogP contribution is -2.51. The molecule has 0 saturated heterocycles. The van der Waals surface area contributed by atoms with Gasteiger partial charge in [0.1, 0.15) is 5.56 Å². The second kappa shape index (κ2) is 5.54. The smallest absolute Gasteiger partial charge is 0.283 e. The number of hydrogen-bond acceptors (Lipinski definition) is 4. The first kappa shape index (κ1) is 15.4. The van der Waals surface area contributed by atoms with Crippen LogP contribution >= 0.6 is 11.6 Å². The van der Waals surface area contributed by atoms with Crippen molar-refractivity contribution in [2.75, 3.05) is 0 Å². The Bertz CT molecular complexity index is 514. The number of aliphatic hydroxyl groups is 1. The lowest BCUT2D eigenvalue weighted by molar-refractivity contribution is -0.385. The molecule has 0 aliphatic heterocycles. The second-order valence-corrected chi connectivity index (χ2v) is 5.21. The highest BCUT2D eigenvalue weighted by Gasteiger charge is 2.29. The number of amides is 1. The fourth-order valence-corrected chi connectivity index (χ4v) is 1.48. The molecule has 1 unspecified atom stereocenters. The third-order valence-corrected chi connectivity index (χ3v) is 3.12. The van der Waals surface area contributed by atoms with Gasteiger partial charge in [-0.05, 0) is 32.9 Å². The van der Waals surface area contributed by atoms with Crippen molar-refractivity contribution in [3.05, 3.63) is 38.9 Å². The van der Waals surface area contributed by atoms with Gasteiger partial charge in [-0.3, -0.25) is 14.9 Å². The van der Waals surface area contributed by atoms with Crippen LogP contribution in [0.5, 0.6) is 0 Å². The van der Waals surface area contributed by atoms with Gasteiger partial charge in [-0.25, -0.2) is 0 Å². The first-order chi connectivity index (χ1) is 8.65. The van der Waals surface area contributed by atoms with E-state index in [9.17, 15) is 20.0 Å². The van der Waals surface area contributed by atoms with Crippen LogP contribution in [0.4, 0.5) is 5.69 Å². The summed E-state index contributed by atoms with van der Waals surface area (Å²) in [5, 5.41) is 23.2. The molecule has 0 spiro atoms. The number of halogens is 1. The Balaban J connectivity index is 3.10. The topological polar surface area (TPSA) is 92.5 Å². The van der Waals surface area contributed by atoms with Gasteiger partial charge in [0.05, 0.1) is 16.6 Å². The SMILES string of the molecule is CC(O)C(C)(C)NC(=O)c1ccc(Cl)cc1[N+](=O)[O-]. The van der Waals surface area contributed by atoms with Gasteiger partial charge in [0.2, 0.25) is 0 Å². The summed E-state index contributed by atoms with van der Waals surface area (Å²) in [6, 6.07) is 3.80. The number of nitro benzene ring substituents is 1. The lowest BCUT2D eigenvalue weighted by atomic mass is 9.98. The molecule has 1 aromatic rings. The van der Waals surface area contributed by atoms with E-state index in [1.54, 1.807) is 13.8 Å². The average molecular weight is 287 g/mol. The molecule has 7 heteroatoms. The number of nitrogens with zero attached hydrogens (tertiary/aromatic N) is 1. The highest BCUT2D eigenvalue weighted by molar-refractivity contribution is 6.31. The predicted octanol–water partition coefficient (Wildman–Crippen LogP) is 2.14. The monoisotopic (exact) mass is 286 g/mol. The number of rotatable bonds is 4. The number of benzene rings is 1. The summed E-state index contributed by atoms with van der Waals surface area (Å²) >= 11 is 5.67. The number of nitro groups is 1. The molecule has 6 nitrogen and oxygen atoms in total. The zero-order valence-corrected chi connectivity index (χ0v) is 11.6. The van der Waals surface area contributed by atoms with Crippen LogP contribution < -0.4 is 5.32 Å². The molecule has 0 bridgehead atoms. The number of carbonyl (C=O) groups is 1.